The standard InChI is InChI=1S/C6H14.C4H10/c1-5-6(2,3)4;1-4(2)3/h5H2,1-4H3;4H,1-3H3. The Morgan fingerprint density at radius 2 is 1.10 bits per heavy atom. The van der Waals surface area contributed by atoms with Crippen LogP contribution in [0.15, 0.2) is 0 Å². The van der Waals surface area contributed by atoms with E-state index in [2.05, 4.69) is 48.5 Å². The van der Waals surface area contributed by atoms with Crippen LogP contribution in [0.1, 0.15) is 54.9 Å². The van der Waals surface area contributed by atoms with Crippen LogP contribution in [0.2, 0.25) is 0 Å². The third-order valence-corrected chi connectivity index (χ3v) is 1.06. The minimum Gasteiger partial charge on any atom is -0.0649 e. The summed E-state index contributed by atoms with van der Waals surface area (Å²) in [5.74, 6) is 0.833. The van der Waals surface area contributed by atoms with Crippen molar-refractivity contribution < 1.29 is 0 Å². The predicted molar refractivity (Wildman–Crippen MR) is 50.3 cm³/mol. The van der Waals surface area contributed by atoms with Crippen molar-refractivity contribution in [2.45, 2.75) is 54.9 Å². The first kappa shape index (κ1) is 12.7. The van der Waals surface area contributed by atoms with Crippen LogP contribution in [0.3, 0.4) is 0 Å². The van der Waals surface area contributed by atoms with Crippen molar-refractivity contribution in [1.29, 1.82) is 0 Å². The molecule has 0 heterocycles. The van der Waals surface area contributed by atoms with E-state index in [1.54, 1.807) is 0 Å². The fourth-order valence-corrected chi connectivity index (χ4v) is 0. The fraction of sp³-hybridized carbons (Fsp3) is 1.00. The zero-order chi connectivity index (χ0) is 8.78. The molecule has 0 aliphatic heterocycles. The molecule has 0 aliphatic rings. The van der Waals surface area contributed by atoms with Gasteiger partial charge < -0.3 is 0 Å². The van der Waals surface area contributed by atoms with Gasteiger partial charge >= 0.3 is 0 Å². The van der Waals surface area contributed by atoms with Gasteiger partial charge in [0.1, 0.15) is 0 Å². The van der Waals surface area contributed by atoms with Crippen LogP contribution in [-0.4, -0.2) is 0 Å². The van der Waals surface area contributed by atoms with Gasteiger partial charge in [-0.1, -0.05) is 54.9 Å². The lowest BCUT2D eigenvalue weighted by Gasteiger charge is -2.12. The van der Waals surface area contributed by atoms with Crippen LogP contribution < -0.4 is 0 Å². The SMILES string of the molecule is CC(C)C.CCC(C)(C)C. The minimum absolute atomic E-state index is 0.542. The molecule has 0 bridgehead atoms. The largest absolute Gasteiger partial charge is 0.0649 e. The number of rotatable bonds is 0. The lowest BCUT2D eigenvalue weighted by atomic mass is 9.94. The molecule has 0 saturated heterocycles. The van der Waals surface area contributed by atoms with Crippen LogP contribution >= 0.6 is 0 Å². The monoisotopic (exact) mass is 144 g/mol. The van der Waals surface area contributed by atoms with E-state index in [1.165, 1.54) is 6.42 Å². The summed E-state index contributed by atoms with van der Waals surface area (Å²) < 4.78 is 0. The summed E-state index contributed by atoms with van der Waals surface area (Å²) >= 11 is 0. The van der Waals surface area contributed by atoms with Crippen molar-refractivity contribution in [3.05, 3.63) is 0 Å². The van der Waals surface area contributed by atoms with Crippen LogP contribution in [0.5, 0.6) is 0 Å². The number of hydrogen-bond acceptors (Lipinski definition) is 0. The highest BCUT2D eigenvalue weighted by atomic mass is 14.1. The average Bonchev–Trinajstić information content (AvgIpc) is 1.63. The van der Waals surface area contributed by atoms with E-state index in [9.17, 15) is 0 Å². The molecular formula is C10H24. The quantitative estimate of drug-likeness (QED) is 0.480. The minimum atomic E-state index is 0.542. The fourth-order valence-electron chi connectivity index (χ4n) is 0. The van der Waals surface area contributed by atoms with Gasteiger partial charge in [-0.25, -0.2) is 0 Å². The third-order valence-electron chi connectivity index (χ3n) is 1.06. The van der Waals surface area contributed by atoms with Gasteiger partial charge in [0.15, 0.2) is 0 Å². The lowest BCUT2D eigenvalue weighted by molar-refractivity contribution is 0.398. The normalized spacial score (nSPS) is 10.8. The van der Waals surface area contributed by atoms with E-state index in [0.29, 0.717) is 5.41 Å². The van der Waals surface area contributed by atoms with Crippen LogP contribution in [0.4, 0.5) is 0 Å². The Balaban J connectivity index is 0. The third kappa shape index (κ3) is 43.6. The Hall–Kier alpha value is 0. The van der Waals surface area contributed by atoms with E-state index in [-0.39, 0.29) is 0 Å². The molecule has 64 valence electrons. The molecule has 0 spiro atoms. The van der Waals surface area contributed by atoms with E-state index >= 15 is 0 Å². The summed E-state index contributed by atoms with van der Waals surface area (Å²) in [5.41, 5.74) is 0.542. The van der Waals surface area contributed by atoms with Gasteiger partial charge in [-0.2, -0.15) is 0 Å². The summed E-state index contributed by atoms with van der Waals surface area (Å²) in [4.78, 5) is 0. The molecule has 0 radical (unpaired) electrons. The predicted octanol–water partition coefficient (Wildman–Crippen LogP) is 4.10. The molecule has 0 rings (SSSR count). The first-order valence-corrected chi connectivity index (χ1v) is 4.29. The van der Waals surface area contributed by atoms with Crippen molar-refractivity contribution in [1.82, 2.24) is 0 Å². The van der Waals surface area contributed by atoms with E-state index in [1.807, 2.05) is 0 Å². The summed E-state index contributed by atoms with van der Waals surface area (Å²) in [6.45, 7) is 15.4. The highest BCUT2D eigenvalue weighted by molar-refractivity contribution is 4.55. The molecular weight excluding hydrogens is 120 g/mol. The molecule has 0 amide bonds. The van der Waals surface area contributed by atoms with Crippen molar-refractivity contribution in [2.24, 2.45) is 11.3 Å². The second kappa shape index (κ2) is 5.76. The lowest BCUT2D eigenvalue weighted by Crippen LogP contribution is -2.00. The van der Waals surface area contributed by atoms with Gasteiger partial charge in [0.2, 0.25) is 0 Å². The smallest absolute Gasteiger partial charge is 0.0385 e. The van der Waals surface area contributed by atoms with Crippen molar-refractivity contribution in [2.75, 3.05) is 0 Å². The van der Waals surface area contributed by atoms with Gasteiger partial charge in [0.05, 0.1) is 0 Å². The highest BCUT2D eigenvalue weighted by Crippen LogP contribution is 2.16. The summed E-state index contributed by atoms with van der Waals surface area (Å²) in [6, 6.07) is 0. The number of hydrogen-bond donors (Lipinski definition) is 0. The topological polar surface area (TPSA) is 0 Å². The molecule has 10 heavy (non-hydrogen) atoms. The van der Waals surface area contributed by atoms with Gasteiger partial charge in [-0.3, -0.25) is 0 Å². The summed E-state index contributed by atoms with van der Waals surface area (Å²) in [7, 11) is 0. The molecule has 0 aliphatic carbocycles. The zero-order valence-corrected chi connectivity index (χ0v) is 8.78. The first-order chi connectivity index (χ1) is 4.29. The molecule has 0 N–H and O–H groups in total. The maximum absolute atomic E-state index is 2.24. The molecule has 0 aromatic rings. The second-order valence-electron chi connectivity index (χ2n) is 4.65. The van der Waals surface area contributed by atoms with Crippen molar-refractivity contribution in [3.8, 4) is 0 Å². The van der Waals surface area contributed by atoms with Crippen LogP contribution in [-0.2, 0) is 0 Å². The maximum Gasteiger partial charge on any atom is -0.0385 e. The Kier molecular flexibility index (Phi) is 7.29. The molecule has 0 heteroatoms. The second-order valence-corrected chi connectivity index (χ2v) is 4.65. The van der Waals surface area contributed by atoms with Crippen molar-refractivity contribution >= 4 is 0 Å². The Bertz CT molecular complexity index is 52.2. The van der Waals surface area contributed by atoms with Gasteiger partial charge in [0.25, 0.3) is 0 Å². The van der Waals surface area contributed by atoms with Crippen LogP contribution in [0, 0.1) is 11.3 Å². The average molecular weight is 144 g/mol. The van der Waals surface area contributed by atoms with Crippen LogP contribution in [0.25, 0.3) is 0 Å². The van der Waals surface area contributed by atoms with E-state index in [0.717, 1.165) is 5.92 Å². The Labute approximate surface area is 67.0 Å². The molecule has 0 saturated carbocycles. The Morgan fingerprint density at radius 1 is 1.00 bits per heavy atom. The molecule has 0 unspecified atom stereocenters. The van der Waals surface area contributed by atoms with Gasteiger partial charge in [-0.15, -0.1) is 0 Å². The molecule has 0 nitrogen and oxygen atoms in total. The molecule has 0 aromatic carbocycles. The van der Waals surface area contributed by atoms with Gasteiger partial charge in [0, 0.05) is 0 Å². The Morgan fingerprint density at radius 3 is 1.10 bits per heavy atom. The highest BCUT2D eigenvalue weighted by Gasteiger charge is 2.03. The van der Waals surface area contributed by atoms with E-state index < -0.39 is 0 Å². The maximum atomic E-state index is 2.24. The molecule has 0 aromatic heterocycles. The summed E-state index contributed by atoms with van der Waals surface area (Å²) in [5, 5.41) is 0. The van der Waals surface area contributed by atoms with Crippen molar-refractivity contribution in [3.63, 3.8) is 0 Å². The zero-order valence-electron chi connectivity index (χ0n) is 8.78. The molecule has 0 fully saturated rings. The van der Waals surface area contributed by atoms with E-state index in [4.69, 9.17) is 0 Å². The first-order valence-electron chi connectivity index (χ1n) is 4.29. The molecule has 0 atom stereocenters. The summed E-state index contributed by atoms with van der Waals surface area (Å²) in [6.07, 6.45) is 1.27. The van der Waals surface area contributed by atoms with Gasteiger partial charge in [-0.05, 0) is 11.3 Å².